The first-order chi connectivity index (χ1) is 9.72. The lowest BCUT2D eigenvalue weighted by Crippen LogP contribution is -2.04. The van der Waals surface area contributed by atoms with Gasteiger partial charge in [-0.15, -0.1) is 11.3 Å². The minimum absolute atomic E-state index is 0.731. The van der Waals surface area contributed by atoms with E-state index in [0.29, 0.717) is 0 Å². The van der Waals surface area contributed by atoms with Crippen LogP contribution in [0.15, 0.2) is 23.7 Å². The van der Waals surface area contributed by atoms with E-state index >= 15 is 0 Å². The Labute approximate surface area is 134 Å². The molecule has 3 heterocycles. The second-order valence-corrected chi connectivity index (χ2v) is 6.31. The molecular weight excluding hydrogens is 383 g/mol. The maximum atomic E-state index is 4.67. The van der Waals surface area contributed by atoms with E-state index in [9.17, 15) is 0 Å². The molecule has 1 N–H and O–H groups in total. The van der Waals surface area contributed by atoms with Crippen molar-refractivity contribution in [1.82, 2.24) is 15.0 Å². The number of aromatic nitrogens is 3. The van der Waals surface area contributed by atoms with Crippen LogP contribution in [-0.2, 0) is 6.42 Å². The van der Waals surface area contributed by atoms with E-state index in [1.165, 1.54) is 0 Å². The summed E-state index contributed by atoms with van der Waals surface area (Å²) in [6.45, 7) is 2.11. The number of fused-ring (bicyclic) bond motifs is 1. The van der Waals surface area contributed by atoms with Crippen LogP contribution in [-0.4, -0.2) is 22.0 Å². The Morgan fingerprint density at radius 2 is 2.20 bits per heavy atom. The number of rotatable bonds is 3. The molecule has 0 bridgehead atoms. The Morgan fingerprint density at radius 3 is 2.95 bits per heavy atom. The van der Waals surface area contributed by atoms with Crippen LogP contribution >= 0.6 is 33.9 Å². The maximum absolute atomic E-state index is 4.67. The van der Waals surface area contributed by atoms with E-state index in [2.05, 4.69) is 55.8 Å². The normalized spacial score (nSPS) is 10.9. The molecule has 0 aromatic carbocycles. The van der Waals surface area contributed by atoms with E-state index in [-0.39, 0.29) is 0 Å². The molecule has 0 aliphatic rings. The molecular formula is C14H13IN4S. The van der Waals surface area contributed by atoms with Crippen molar-refractivity contribution in [1.29, 1.82) is 0 Å². The Morgan fingerprint density at radius 1 is 1.35 bits per heavy atom. The van der Waals surface area contributed by atoms with Gasteiger partial charge in [0.2, 0.25) is 0 Å². The Balaban J connectivity index is 2.17. The highest BCUT2D eigenvalue weighted by molar-refractivity contribution is 14.1. The number of anilines is 1. The molecule has 0 fully saturated rings. The fourth-order valence-corrected chi connectivity index (χ4v) is 3.66. The molecule has 102 valence electrons. The lowest BCUT2D eigenvalue weighted by atomic mass is 10.2. The number of nitrogens with one attached hydrogen (secondary N) is 1. The van der Waals surface area contributed by atoms with E-state index in [1.54, 1.807) is 11.3 Å². The minimum Gasteiger partial charge on any atom is -0.372 e. The lowest BCUT2D eigenvalue weighted by molar-refractivity contribution is 0.989. The SMILES string of the molecule is CCc1nc(-c2cnc3ccsc3c2)nc(NC)c1I. The largest absolute Gasteiger partial charge is 0.372 e. The second kappa shape index (κ2) is 5.61. The summed E-state index contributed by atoms with van der Waals surface area (Å²) in [7, 11) is 1.88. The van der Waals surface area contributed by atoms with Gasteiger partial charge in [-0.05, 0) is 46.5 Å². The molecule has 4 nitrogen and oxygen atoms in total. The number of nitrogens with zero attached hydrogens (tertiary/aromatic N) is 3. The smallest absolute Gasteiger partial charge is 0.163 e. The fraction of sp³-hybridized carbons (Fsp3) is 0.214. The Bertz CT molecular complexity index is 744. The third-order valence-electron chi connectivity index (χ3n) is 3.05. The Kier molecular flexibility index (Phi) is 3.84. The van der Waals surface area contributed by atoms with Crippen LogP contribution in [0.4, 0.5) is 5.82 Å². The molecule has 3 aromatic heterocycles. The van der Waals surface area contributed by atoms with Gasteiger partial charge in [-0.25, -0.2) is 9.97 Å². The van der Waals surface area contributed by atoms with Gasteiger partial charge >= 0.3 is 0 Å². The van der Waals surface area contributed by atoms with Crippen molar-refractivity contribution in [3.8, 4) is 11.4 Å². The minimum atomic E-state index is 0.731. The maximum Gasteiger partial charge on any atom is 0.163 e. The molecule has 3 aromatic rings. The van der Waals surface area contributed by atoms with Gasteiger partial charge in [-0.2, -0.15) is 0 Å². The first-order valence-corrected chi connectivity index (χ1v) is 8.26. The molecule has 6 heteroatoms. The molecule has 0 saturated heterocycles. The van der Waals surface area contributed by atoms with E-state index in [0.717, 1.165) is 43.1 Å². The monoisotopic (exact) mass is 396 g/mol. The highest BCUT2D eigenvalue weighted by Crippen LogP contribution is 2.27. The van der Waals surface area contributed by atoms with Crippen LogP contribution in [0.25, 0.3) is 21.6 Å². The first-order valence-electron chi connectivity index (χ1n) is 6.30. The van der Waals surface area contributed by atoms with Gasteiger partial charge in [-0.3, -0.25) is 4.98 Å². The fourth-order valence-electron chi connectivity index (χ4n) is 1.99. The lowest BCUT2D eigenvalue weighted by Gasteiger charge is -2.10. The predicted molar refractivity (Wildman–Crippen MR) is 92.3 cm³/mol. The molecule has 0 saturated carbocycles. The van der Waals surface area contributed by atoms with Crippen molar-refractivity contribution in [3.63, 3.8) is 0 Å². The van der Waals surface area contributed by atoms with Crippen LogP contribution in [0.3, 0.4) is 0 Å². The van der Waals surface area contributed by atoms with Crippen LogP contribution in [0.1, 0.15) is 12.6 Å². The summed E-state index contributed by atoms with van der Waals surface area (Å²) in [6, 6.07) is 4.13. The summed E-state index contributed by atoms with van der Waals surface area (Å²) >= 11 is 3.97. The summed E-state index contributed by atoms with van der Waals surface area (Å²) < 4.78 is 2.25. The molecule has 0 spiro atoms. The topological polar surface area (TPSA) is 50.7 Å². The standard InChI is InChI=1S/C14H13IN4S/c1-3-9-12(15)14(16-2)19-13(18-9)8-6-11-10(17-7-8)4-5-20-11/h4-7H,3H2,1-2H3,(H,16,18,19). The van der Waals surface area contributed by atoms with Gasteiger partial charge in [-0.1, -0.05) is 6.92 Å². The zero-order valence-electron chi connectivity index (χ0n) is 11.1. The van der Waals surface area contributed by atoms with Crippen molar-refractivity contribution in [3.05, 3.63) is 33.0 Å². The van der Waals surface area contributed by atoms with E-state index < -0.39 is 0 Å². The molecule has 0 aliphatic carbocycles. The van der Waals surface area contributed by atoms with Crippen LogP contribution < -0.4 is 5.32 Å². The van der Waals surface area contributed by atoms with E-state index in [4.69, 9.17) is 0 Å². The zero-order valence-corrected chi connectivity index (χ0v) is 14.1. The highest BCUT2D eigenvalue weighted by atomic mass is 127. The second-order valence-electron chi connectivity index (χ2n) is 4.29. The van der Waals surface area contributed by atoms with Crippen molar-refractivity contribution >= 4 is 50.0 Å². The predicted octanol–water partition coefficient (Wildman–Crippen LogP) is 3.96. The summed E-state index contributed by atoms with van der Waals surface area (Å²) in [6.07, 6.45) is 2.73. The van der Waals surface area contributed by atoms with Crippen molar-refractivity contribution in [2.24, 2.45) is 0 Å². The number of halogens is 1. The summed E-state index contributed by atoms with van der Waals surface area (Å²) in [5.74, 6) is 1.60. The summed E-state index contributed by atoms with van der Waals surface area (Å²) in [4.78, 5) is 13.7. The van der Waals surface area contributed by atoms with Crippen molar-refractivity contribution in [2.45, 2.75) is 13.3 Å². The quantitative estimate of drug-likeness (QED) is 0.681. The molecule has 0 amide bonds. The molecule has 0 atom stereocenters. The zero-order chi connectivity index (χ0) is 14.1. The van der Waals surface area contributed by atoms with Crippen LogP contribution in [0.2, 0.25) is 0 Å². The van der Waals surface area contributed by atoms with Gasteiger partial charge in [0.1, 0.15) is 5.82 Å². The average molecular weight is 396 g/mol. The molecule has 0 aliphatic heterocycles. The van der Waals surface area contributed by atoms with Gasteiger partial charge in [0, 0.05) is 18.8 Å². The van der Waals surface area contributed by atoms with Gasteiger partial charge in [0.25, 0.3) is 0 Å². The molecule has 0 radical (unpaired) electrons. The molecule has 3 rings (SSSR count). The average Bonchev–Trinajstić information content (AvgIpc) is 2.95. The number of pyridine rings is 1. The number of hydrogen-bond donors (Lipinski definition) is 1. The van der Waals surface area contributed by atoms with Crippen molar-refractivity contribution < 1.29 is 0 Å². The van der Waals surface area contributed by atoms with Gasteiger partial charge < -0.3 is 5.32 Å². The number of hydrogen-bond acceptors (Lipinski definition) is 5. The van der Waals surface area contributed by atoms with Gasteiger partial charge in [0.15, 0.2) is 5.82 Å². The van der Waals surface area contributed by atoms with Gasteiger partial charge in [0.05, 0.1) is 19.5 Å². The van der Waals surface area contributed by atoms with E-state index in [1.807, 2.05) is 24.7 Å². The molecule has 20 heavy (non-hydrogen) atoms. The Hall–Kier alpha value is -1.28. The summed E-state index contributed by atoms with van der Waals surface area (Å²) in [5, 5.41) is 5.18. The van der Waals surface area contributed by atoms with Crippen molar-refractivity contribution in [2.75, 3.05) is 12.4 Å². The van der Waals surface area contributed by atoms with Crippen LogP contribution in [0, 0.1) is 3.57 Å². The highest BCUT2D eigenvalue weighted by Gasteiger charge is 2.12. The third kappa shape index (κ3) is 2.37. The number of thiophene rings is 1. The third-order valence-corrected chi connectivity index (χ3v) is 5.04. The molecule has 0 unspecified atom stereocenters. The summed E-state index contributed by atoms with van der Waals surface area (Å²) in [5.41, 5.74) is 3.04. The first kappa shape index (κ1) is 13.7. The van der Waals surface area contributed by atoms with Crippen LogP contribution in [0.5, 0.6) is 0 Å². The number of aryl methyl sites for hydroxylation is 1.